The maximum Gasteiger partial charge on any atom is 0.227 e. The van der Waals surface area contributed by atoms with Gasteiger partial charge >= 0.3 is 0 Å². The van der Waals surface area contributed by atoms with Crippen molar-refractivity contribution in [3.8, 4) is 0 Å². The lowest BCUT2D eigenvalue weighted by Crippen LogP contribution is -2.37. The van der Waals surface area contributed by atoms with Crippen LogP contribution < -0.4 is 11.3 Å². The van der Waals surface area contributed by atoms with Gasteiger partial charge in [-0.2, -0.15) is 5.10 Å². The molecule has 3 N–H and O–H groups in total. The number of benzene rings is 1. The third kappa shape index (κ3) is 3.00. The number of carbonyl (C=O) groups excluding carboxylic acids is 1. The summed E-state index contributed by atoms with van der Waals surface area (Å²) < 4.78 is 0. The van der Waals surface area contributed by atoms with E-state index in [1.807, 2.05) is 41.3 Å². The molecule has 0 radical (unpaired) electrons. The molecule has 0 atom stereocenters. The van der Waals surface area contributed by atoms with E-state index in [4.69, 9.17) is 5.84 Å². The number of fused-ring (bicyclic) bond motifs is 1. The molecule has 0 bridgehead atoms. The molecule has 6 nitrogen and oxygen atoms in total. The number of rotatable bonds is 3. The predicted octanol–water partition coefficient (Wildman–Crippen LogP) is 0.890. The molecule has 1 aromatic carbocycles. The summed E-state index contributed by atoms with van der Waals surface area (Å²) in [6.45, 7) is 1.24. The van der Waals surface area contributed by atoms with Crippen molar-refractivity contribution < 1.29 is 4.79 Å². The average Bonchev–Trinajstić information content (AvgIpc) is 2.54. The maximum absolute atomic E-state index is 12.4. The molecule has 6 heteroatoms. The van der Waals surface area contributed by atoms with Crippen LogP contribution >= 0.6 is 0 Å². The van der Waals surface area contributed by atoms with Gasteiger partial charge in [-0.15, -0.1) is 5.10 Å². The van der Waals surface area contributed by atoms with Crippen LogP contribution in [0.5, 0.6) is 0 Å². The Morgan fingerprint density at radius 2 is 2.10 bits per heavy atom. The number of nitrogens with one attached hydrogen (secondary N) is 1. The van der Waals surface area contributed by atoms with Gasteiger partial charge in [0.1, 0.15) is 0 Å². The molecule has 21 heavy (non-hydrogen) atoms. The van der Waals surface area contributed by atoms with Crippen LogP contribution in [0.25, 0.3) is 0 Å². The molecule has 1 aromatic heterocycles. The summed E-state index contributed by atoms with van der Waals surface area (Å²) in [5.74, 6) is 6.00. The first-order valence-electron chi connectivity index (χ1n) is 6.90. The molecule has 0 aliphatic carbocycles. The first-order chi connectivity index (χ1) is 10.3. The summed E-state index contributed by atoms with van der Waals surface area (Å²) >= 11 is 0. The van der Waals surface area contributed by atoms with Crippen molar-refractivity contribution in [3.05, 3.63) is 53.2 Å². The monoisotopic (exact) mass is 283 g/mol. The largest absolute Gasteiger partial charge is 0.338 e. The second-order valence-electron chi connectivity index (χ2n) is 5.07. The number of anilines is 1. The lowest BCUT2D eigenvalue weighted by atomic mass is 10.0. The number of hydrogen-bond donors (Lipinski definition) is 2. The number of nitrogens with two attached hydrogens (primary N) is 1. The zero-order valence-corrected chi connectivity index (χ0v) is 11.6. The van der Waals surface area contributed by atoms with Crippen LogP contribution in [-0.4, -0.2) is 27.5 Å². The van der Waals surface area contributed by atoms with Crippen LogP contribution in [0.2, 0.25) is 0 Å². The fraction of sp³-hybridized carbons (Fsp3) is 0.267. The van der Waals surface area contributed by atoms with Crippen molar-refractivity contribution >= 4 is 11.7 Å². The second kappa shape index (κ2) is 5.88. The first-order valence-corrected chi connectivity index (χ1v) is 6.90. The van der Waals surface area contributed by atoms with Gasteiger partial charge in [-0.25, -0.2) is 5.84 Å². The van der Waals surface area contributed by atoms with Gasteiger partial charge in [0, 0.05) is 19.5 Å². The van der Waals surface area contributed by atoms with E-state index in [1.54, 1.807) is 0 Å². The normalized spacial score (nSPS) is 13.7. The molecule has 0 fully saturated rings. The summed E-state index contributed by atoms with van der Waals surface area (Å²) in [5, 5.41) is 8.10. The molecule has 1 aliphatic heterocycles. The molecular formula is C15H17N5O. The van der Waals surface area contributed by atoms with Gasteiger partial charge in [0.25, 0.3) is 0 Å². The van der Waals surface area contributed by atoms with Crippen LogP contribution in [0.1, 0.15) is 16.8 Å². The number of aromatic nitrogens is 2. The van der Waals surface area contributed by atoms with Crippen LogP contribution in [0, 0.1) is 0 Å². The highest BCUT2D eigenvalue weighted by atomic mass is 16.2. The first kappa shape index (κ1) is 13.5. The maximum atomic E-state index is 12.4. The van der Waals surface area contributed by atoms with Crippen molar-refractivity contribution in [2.45, 2.75) is 19.4 Å². The molecule has 0 unspecified atom stereocenters. The lowest BCUT2D eigenvalue weighted by Gasteiger charge is -2.28. The van der Waals surface area contributed by atoms with Crippen molar-refractivity contribution in [1.29, 1.82) is 0 Å². The van der Waals surface area contributed by atoms with Crippen molar-refractivity contribution in [2.75, 3.05) is 12.0 Å². The summed E-state index contributed by atoms with van der Waals surface area (Å²) in [7, 11) is 0. The van der Waals surface area contributed by atoms with Gasteiger partial charge in [0.05, 0.1) is 12.1 Å². The van der Waals surface area contributed by atoms with Crippen LogP contribution in [0.4, 0.5) is 5.82 Å². The summed E-state index contributed by atoms with van der Waals surface area (Å²) in [5.41, 5.74) is 5.46. The predicted molar refractivity (Wildman–Crippen MR) is 79.1 cm³/mol. The lowest BCUT2D eigenvalue weighted by molar-refractivity contribution is -0.131. The van der Waals surface area contributed by atoms with Gasteiger partial charge in [0.2, 0.25) is 5.91 Å². The molecule has 1 aliphatic rings. The topological polar surface area (TPSA) is 84.1 Å². The fourth-order valence-electron chi connectivity index (χ4n) is 2.49. The Kier molecular flexibility index (Phi) is 3.79. The van der Waals surface area contributed by atoms with E-state index in [2.05, 4.69) is 15.6 Å². The average molecular weight is 283 g/mol. The number of carbonyl (C=O) groups is 1. The zero-order valence-electron chi connectivity index (χ0n) is 11.6. The van der Waals surface area contributed by atoms with E-state index < -0.39 is 0 Å². The van der Waals surface area contributed by atoms with E-state index in [0.29, 0.717) is 25.3 Å². The second-order valence-corrected chi connectivity index (χ2v) is 5.07. The van der Waals surface area contributed by atoms with Gasteiger partial charge in [0.15, 0.2) is 5.82 Å². The number of hydrazine groups is 1. The Bertz CT molecular complexity index is 644. The minimum Gasteiger partial charge on any atom is -0.338 e. The Morgan fingerprint density at radius 3 is 2.86 bits per heavy atom. The number of nitrogen functional groups attached to an aromatic ring is 1. The van der Waals surface area contributed by atoms with Gasteiger partial charge in [-0.05, 0) is 17.2 Å². The third-order valence-corrected chi connectivity index (χ3v) is 3.64. The Labute approximate surface area is 122 Å². The quantitative estimate of drug-likeness (QED) is 0.645. The highest BCUT2D eigenvalue weighted by molar-refractivity contribution is 5.79. The number of amides is 1. The smallest absolute Gasteiger partial charge is 0.227 e. The minimum absolute atomic E-state index is 0.130. The standard InChI is InChI=1S/C15H17N5O/c16-17-14-9-12-10-20(7-6-13(12)18-19-14)15(21)8-11-4-2-1-3-5-11/h1-5,9H,6-8,10,16H2,(H,17,19). The minimum atomic E-state index is 0.130. The van der Waals surface area contributed by atoms with E-state index in [1.165, 1.54) is 0 Å². The van der Waals surface area contributed by atoms with Gasteiger partial charge in [-0.1, -0.05) is 30.3 Å². The molecule has 0 saturated heterocycles. The third-order valence-electron chi connectivity index (χ3n) is 3.64. The fourth-order valence-corrected chi connectivity index (χ4v) is 2.49. The van der Waals surface area contributed by atoms with Gasteiger partial charge < -0.3 is 10.3 Å². The molecule has 2 heterocycles. The van der Waals surface area contributed by atoms with Crippen molar-refractivity contribution in [2.24, 2.45) is 5.84 Å². The van der Waals surface area contributed by atoms with E-state index in [9.17, 15) is 4.79 Å². The van der Waals surface area contributed by atoms with Crippen LogP contribution in [-0.2, 0) is 24.2 Å². The Hall–Kier alpha value is -2.47. The molecule has 0 saturated carbocycles. The molecule has 2 aromatic rings. The van der Waals surface area contributed by atoms with Gasteiger partial charge in [-0.3, -0.25) is 4.79 Å². The molecule has 1 amide bonds. The zero-order chi connectivity index (χ0) is 14.7. The molecule has 0 spiro atoms. The van der Waals surface area contributed by atoms with Crippen LogP contribution in [0.3, 0.4) is 0 Å². The van der Waals surface area contributed by atoms with Crippen molar-refractivity contribution in [3.63, 3.8) is 0 Å². The van der Waals surface area contributed by atoms with E-state index >= 15 is 0 Å². The highest BCUT2D eigenvalue weighted by Crippen LogP contribution is 2.19. The Morgan fingerprint density at radius 1 is 1.29 bits per heavy atom. The van der Waals surface area contributed by atoms with Crippen molar-refractivity contribution in [1.82, 2.24) is 15.1 Å². The van der Waals surface area contributed by atoms with E-state index in [-0.39, 0.29) is 5.91 Å². The molecular weight excluding hydrogens is 266 g/mol. The number of hydrogen-bond acceptors (Lipinski definition) is 5. The van der Waals surface area contributed by atoms with Crippen LogP contribution in [0.15, 0.2) is 36.4 Å². The SMILES string of the molecule is NNc1cc2c(nn1)CCN(C(=O)Cc1ccccc1)C2. The summed E-state index contributed by atoms with van der Waals surface area (Å²) in [4.78, 5) is 14.2. The Balaban J connectivity index is 1.72. The number of nitrogens with zero attached hydrogens (tertiary/aromatic N) is 3. The molecule has 108 valence electrons. The molecule has 3 rings (SSSR count). The highest BCUT2D eigenvalue weighted by Gasteiger charge is 2.22. The van der Waals surface area contributed by atoms with E-state index in [0.717, 1.165) is 23.2 Å². The summed E-state index contributed by atoms with van der Waals surface area (Å²) in [6, 6.07) is 11.6. The summed E-state index contributed by atoms with van der Waals surface area (Å²) in [6.07, 6.45) is 1.16.